The van der Waals surface area contributed by atoms with Gasteiger partial charge in [0.05, 0.1) is 6.04 Å². The molecule has 0 spiro atoms. The number of aromatic nitrogens is 1. The molecule has 9 nitrogen and oxygen atoms in total. The van der Waals surface area contributed by atoms with Crippen molar-refractivity contribution in [3.8, 4) is 0 Å². The zero-order valence-corrected chi connectivity index (χ0v) is 15.9. The third-order valence-electron chi connectivity index (χ3n) is 4.97. The summed E-state index contributed by atoms with van der Waals surface area (Å²) in [5.41, 5.74) is 18.6. The summed E-state index contributed by atoms with van der Waals surface area (Å²) in [5, 5.41) is 11.9. The summed E-state index contributed by atoms with van der Waals surface area (Å²) in [6.07, 6.45) is 5.78. The van der Waals surface area contributed by atoms with Gasteiger partial charge in [-0.3, -0.25) is 10.2 Å². The second-order valence-electron chi connectivity index (χ2n) is 6.99. The van der Waals surface area contributed by atoms with Gasteiger partial charge in [-0.1, -0.05) is 18.9 Å². The Hall–Kier alpha value is -3.20. The summed E-state index contributed by atoms with van der Waals surface area (Å²) in [4.78, 5) is 20.2. The van der Waals surface area contributed by atoms with Crippen molar-refractivity contribution in [2.45, 2.75) is 37.8 Å². The first-order chi connectivity index (χ1) is 13.4. The highest BCUT2D eigenvalue weighted by molar-refractivity contribution is 6.68. The van der Waals surface area contributed by atoms with Crippen molar-refractivity contribution >= 4 is 40.0 Å². The summed E-state index contributed by atoms with van der Waals surface area (Å²) in [6.45, 7) is 0. The van der Waals surface area contributed by atoms with Crippen LogP contribution >= 0.6 is 0 Å². The zero-order valence-electron chi connectivity index (χ0n) is 15.9. The van der Waals surface area contributed by atoms with Crippen LogP contribution in [0.5, 0.6) is 0 Å². The van der Waals surface area contributed by atoms with Crippen LogP contribution in [-0.2, 0) is 11.8 Å². The molecule has 1 aromatic heterocycles. The van der Waals surface area contributed by atoms with E-state index in [0.29, 0.717) is 5.69 Å². The Labute approximate surface area is 163 Å². The minimum absolute atomic E-state index is 0.0314. The molecular weight excluding hydrogens is 356 g/mol. The Balaban J connectivity index is 1.93. The molecule has 1 aromatic carbocycles. The molecule has 1 aliphatic carbocycles. The van der Waals surface area contributed by atoms with Crippen LogP contribution in [0.15, 0.2) is 40.4 Å². The number of amidine groups is 1. The second-order valence-corrected chi connectivity index (χ2v) is 6.99. The molecule has 1 fully saturated rings. The average Bonchev–Trinajstić information content (AvgIpc) is 3.04. The molecule has 2 atom stereocenters. The van der Waals surface area contributed by atoms with Crippen LogP contribution in [0.25, 0.3) is 10.9 Å². The molecule has 1 aliphatic rings. The van der Waals surface area contributed by atoms with E-state index in [1.165, 1.54) is 0 Å². The van der Waals surface area contributed by atoms with E-state index in [-0.39, 0.29) is 23.9 Å². The lowest BCUT2D eigenvalue weighted by Gasteiger charge is -2.25. The Morgan fingerprint density at radius 3 is 2.71 bits per heavy atom. The summed E-state index contributed by atoms with van der Waals surface area (Å²) in [5.74, 6) is -0.987. The average molecular weight is 382 g/mol. The van der Waals surface area contributed by atoms with E-state index in [0.717, 1.165) is 36.6 Å². The summed E-state index contributed by atoms with van der Waals surface area (Å²) in [7, 11) is 1.94. The highest BCUT2D eigenvalue weighted by atomic mass is 16.1. The third-order valence-corrected chi connectivity index (χ3v) is 4.97. The number of rotatable bonds is 4. The quantitative estimate of drug-likeness (QED) is 0.395. The van der Waals surface area contributed by atoms with Gasteiger partial charge in [-0.25, -0.2) is 4.99 Å². The summed E-state index contributed by atoms with van der Waals surface area (Å²) in [6, 6.07) is 7.43. The highest BCUT2D eigenvalue weighted by Gasteiger charge is 2.22. The van der Waals surface area contributed by atoms with Crippen LogP contribution in [0.2, 0.25) is 0 Å². The van der Waals surface area contributed by atoms with Gasteiger partial charge < -0.3 is 27.1 Å². The first-order valence-corrected chi connectivity index (χ1v) is 9.24. The molecule has 148 valence electrons. The molecule has 28 heavy (non-hydrogen) atoms. The van der Waals surface area contributed by atoms with Crippen molar-refractivity contribution in [3.63, 3.8) is 0 Å². The molecule has 1 saturated carbocycles. The maximum absolute atomic E-state index is 11.6. The van der Waals surface area contributed by atoms with Crippen molar-refractivity contribution in [1.29, 1.82) is 5.41 Å². The molecule has 0 unspecified atom stereocenters. The molecule has 2 aromatic rings. The normalized spacial score (nSPS) is 20.9. The van der Waals surface area contributed by atoms with Gasteiger partial charge >= 0.3 is 0 Å². The minimum Gasteiger partial charge on any atom is -0.368 e. The fraction of sp³-hybridized carbons (Fsp3) is 0.368. The SMILES string of the molecule is Cn1ccc2c(NC(=NC(N)=N[C@@H]3CCCC[C@@H]3N)C(=N)C(N)=O)cccc21. The van der Waals surface area contributed by atoms with Gasteiger partial charge in [0.15, 0.2) is 11.5 Å². The monoisotopic (exact) mass is 382 g/mol. The van der Waals surface area contributed by atoms with Gasteiger partial charge in [0, 0.05) is 35.9 Å². The van der Waals surface area contributed by atoms with Crippen molar-refractivity contribution in [3.05, 3.63) is 30.5 Å². The molecule has 8 N–H and O–H groups in total. The van der Waals surface area contributed by atoms with Crippen molar-refractivity contribution in [1.82, 2.24) is 4.57 Å². The number of nitrogens with two attached hydrogens (primary N) is 3. The maximum atomic E-state index is 11.6. The first-order valence-electron chi connectivity index (χ1n) is 9.24. The van der Waals surface area contributed by atoms with Crippen LogP contribution in [-0.4, -0.2) is 40.1 Å². The number of hydrogen-bond donors (Lipinski definition) is 5. The Bertz CT molecular complexity index is 958. The van der Waals surface area contributed by atoms with Crippen molar-refractivity contribution in [2.75, 3.05) is 5.32 Å². The van der Waals surface area contributed by atoms with Gasteiger partial charge in [0.1, 0.15) is 0 Å². The summed E-state index contributed by atoms with van der Waals surface area (Å²) < 4.78 is 1.97. The number of guanidine groups is 1. The lowest BCUT2D eigenvalue weighted by Crippen LogP contribution is -2.38. The maximum Gasteiger partial charge on any atom is 0.270 e. The number of primary amides is 1. The fourth-order valence-corrected chi connectivity index (χ4v) is 3.42. The summed E-state index contributed by atoms with van der Waals surface area (Å²) >= 11 is 0. The number of benzene rings is 1. The van der Waals surface area contributed by atoms with E-state index in [1.807, 2.05) is 42.1 Å². The van der Waals surface area contributed by atoms with Crippen LogP contribution < -0.4 is 22.5 Å². The number of nitrogens with zero attached hydrogens (tertiary/aromatic N) is 3. The van der Waals surface area contributed by atoms with E-state index in [4.69, 9.17) is 22.6 Å². The lowest BCUT2D eigenvalue weighted by molar-refractivity contribution is -0.111. The Morgan fingerprint density at radius 2 is 2.00 bits per heavy atom. The number of anilines is 1. The second kappa shape index (κ2) is 8.22. The molecule has 0 bridgehead atoms. The standard InChI is InChI=1S/C19H26N8O/c1-27-10-9-11-13(7-4-8-15(11)27)24-18(16(21)17(22)28)26-19(23)25-14-6-3-2-5-12(14)20/h4,7-10,12,14,21H,2-3,5-6,20H2,1H3,(H2,22,28)(H3,23,24,25,26)/t12-,14+/m0/s1. The van der Waals surface area contributed by atoms with E-state index in [9.17, 15) is 4.79 Å². The smallest absolute Gasteiger partial charge is 0.270 e. The van der Waals surface area contributed by atoms with E-state index >= 15 is 0 Å². The fourth-order valence-electron chi connectivity index (χ4n) is 3.42. The Kier molecular flexibility index (Phi) is 5.74. The topological polar surface area (TPSA) is 161 Å². The molecular formula is C19H26N8O. The zero-order chi connectivity index (χ0) is 20.3. The predicted octanol–water partition coefficient (Wildman–Crippen LogP) is 1.08. The minimum atomic E-state index is -0.909. The number of carbonyl (C=O) groups excluding carboxylic acids is 1. The number of fused-ring (bicyclic) bond motifs is 1. The molecule has 0 aliphatic heterocycles. The van der Waals surface area contributed by atoms with Crippen LogP contribution in [0.3, 0.4) is 0 Å². The highest BCUT2D eigenvalue weighted by Crippen LogP contribution is 2.24. The van der Waals surface area contributed by atoms with Crippen LogP contribution in [0, 0.1) is 5.41 Å². The van der Waals surface area contributed by atoms with Gasteiger partial charge in [-0.2, -0.15) is 4.99 Å². The number of nitrogens with one attached hydrogen (secondary N) is 2. The molecule has 1 heterocycles. The van der Waals surface area contributed by atoms with E-state index < -0.39 is 11.6 Å². The number of aryl methyl sites for hydroxylation is 1. The van der Waals surface area contributed by atoms with Gasteiger partial charge in [-0.15, -0.1) is 0 Å². The first kappa shape index (κ1) is 19.6. The van der Waals surface area contributed by atoms with Crippen LogP contribution in [0.4, 0.5) is 5.69 Å². The van der Waals surface area contributed by atoms with Crippen molar-refractivity contribution < 1.29 is 4.79 Å². The number of carbonyl (C=O) groups is 1. The molecule has 9 heteroatoms. The molecule has 1 amide bonds. The van der Waals surface area contributed by atoms with Gasteiger partial charge in [0.25, 0.3) is 5.91 Å². The predicted molar refractivity (Wildman–Crippen MR) is 113 cm³/mol. The number of amides is 1. The van der Waals surface area contributed by atoms with E-state index in [2.05, 4.69) is 15.3 Å². The number of aliphatic imine (C=N–C) groups is 2. The van der Waals surface area contributed by atoms with E-state index in [1.54, 1.807) is 0 Å². The van der Waals surface area contributed by atoms with Gasteiger partial charge in [0.2, 0.25) is 5.96 Å². The molecule has 0 saturated heterocycles. The van der Waals surface area contributed by atoms with Crippen LogP contribution in [0.1, 0.15) is 25.7 Å². The van der Waals surface area contributed by atoms with Gasteiger partial charge in [-0.05, 0) is 31.0 Å². The Morgan fingerprint density at radius 1 is 1.25 bits per heavy atom. The largest absolute Gasteiger partial charge is 0.368 e. The lowest BCUT2D eigenvalue weighted by atomic mass is 9.91. The van der Waals surface area contributed by atoms with Crippen molar-refractivity contribution in [2.24, 2.45) is 34.2 Å². The molecule has 3 rings (SSSR count). The number of hydrogen-bond acceptors (Lipinski definition) is 4. The molecule has 0 radical (unpaired) electrons. The third kappa shape index (κ3) is 4.20.